The summed E-state index contributed by atoms with van der Waals surface area (Å²) in [6.45, 7) is 7.38. The zero-order chi connectivity index (χ0) is 13.1. The van der Waals surface area contributed by atoms with E-state index in [1.165, 1.54) is 0 Å². The van der Waals surface area contributed by atoms with Gasteiger partial charge in [-0.2, -0.15) is 0 Å². The third kappa shape index (κ3) is 3.19. The Morgan fingerprint density at radius 2 is 2.00 bits per heavy atom. The summed E-state index contributed by atoms with van der Waals surface area (Å²) in [6, 6.07) is 0. The second-order valence-electron chi connectivity index (χ2n) is 4.96. The van der Waals surface area contributed by atoms with Crippen LogP contribution in [0.5, 0.6) is 0 Å². The van der Waals surface area contributed by atoms with Crippen LogP contribution in [0.4, 0.5) is 0 Å². The minimum atomic E-state index is -0.885. The summed E-state index contributed by atoms with van der Waals surface area (Å²) in [4.78, 5) is 22.7. The van der Waals surface area contributed by atoms with Gasteiger partial charge in [-0.1, -0.05) is 13.8 Å². The van der Waals surface area contributed by atoms with Crippen molar-refractivity contribution in [1.29, 1.82) is 0 Å². The van der Waals surface area contributed by atoms with Crippen LogP contribution in [0.1, 0.15) is 27.2 Å². The zero-order valence-electron chi connectivity index (χ0n) is 10.7. The van der Waals surface area contributed by atoms with Gasteiger partial charge >= 0.3 is 5.97 Å². The van der Waals surface area contributed by atoms with E-state index in [1.807, 2.05) is 20.8 Å². The molecule has 0 radical (unpaired) electrons. The molecule has 17 heavy (non-hydrogen) atoms. The Labute approximate surface area is 102 Å². The van der Waals surface area contributed by atoms with Crippen LogP contribution < -0.4 is 5.32 Å². The number of hydrogen-bond donors (Lipinski definition) is 2. The predicted octanol–water partition coefficient (Wildman–Crippen LogP) is 0.886. The van der Waals surface area contributed by atoms with Gasteiger partial charge in [0.15, 0.2) is 0 Å². The maximum Gasteiger partial charge on any atom is 0.307 e. The first kappa shape index (κ1) is 14.0. The van der Waals surface area contributed by atoms with Crippen molar-refractivity contribution in [2.75, 3.05) is 19.8 Å². The van der Waals surface area contributed by atoms with Crippen LogP contribution in [0, 0.1) is 17.3 Å². The SMILES string of the molecule is CCOCCCNC(=O)C1C(C(=O)O)C1(C)C. The van der Waals surface area contributed by atoms with E-state index >= 15 is 0 Å². The molecule has 2 unspecified atom stereocenters. The average molecular weight is 243 g/mol. The van der Waals surface area contributed by atoms with E-state index in [0.717, 1.165) is 6.42 Å². The highest BCUT2D eigenvalue weighted by Crippen LogP contribution is 2.58. The molecule has 0 aromatic heterocycles. The molecular formula is C12H21NO4. The largest absolute Gasteiger partial charge is 0.481 e. The van der Waals surface area contributed by atoms with Crippen molar-refractivity contribution in [3.05, 3.63) is 0 Å². The smallest absolute Gasteiger partial charge is 0.307 e. The molecule has 0 saturated heterocycles. The topological polar surface area (TPSA) is 75.6 Å². The van der Waals surface area contributed by atoms with Gasteiger partial charge in [0.25, 0.3) is 0 Å². The first-order valence-electron chi connectivity index (χ1n) is 6.01. The Bertz CT molecular complexity index is 301. The lowest BCUT2D eigenvalue weighted by Crippen LogP contribution is -2.28. The highest BCUT2D eigenvalue weighted by molar-refractivity contribution is 5.91. The number of rotatable bonds is 7. The number of carboxylic acids is 1. The van der Waals surface area contributed by atoms with Crippen LogP contribution in [-0.2, 0) is 14.3 Å². The van der Waals surface area contributed by atoms with E-state index < -0.39 is 23.2 Å². The van der Waals surface area contributed by atoms with Gasteiger partial charge in [-0.25, -0.2) is 0 Å². The molecule has 1 rings (SSSR count). The van der Waals surface area contributed by atoms with Crippen molar-refractivity contribution < 1.29 is 19.4 Å². The van der Waals surface area contributed by atoms with Crippen molar-refractivity contribution in [3.8, 4) is 0 Å². The van der Waals surface area contributed by atoms with E-state index in [4.69, 9.17) is 9.84 Å². The number of carboxylic acid groups (broad SMARTS) is 1. The molecule has 1 fully saturated rings. The third-order valence-electron chi connectivity index (χ3n) is 3.34. The van der Waals surface area contributed by atoms with E-state index in [0.29, 0.717) is 19.8 Å². The lowest BCUT2D eigenvalue weighted by Gasteiger charge is -2.05. The van der Waals surface area contributed by atoms with Gasteiger partial charge in [0.1, 0.15) is 0 Å². The molecular weight excluding hydrogens is 222 g/mol. The third-order valence-corrected chi connectivity index (χ3v) is 3.34. The quantitative estimate of drug-likeness (QED) is 0.651. The van der Waals surface area contributed by atoms with Crippen molar-refractivity contribution in [2.24, 2.45) is 17.3 Å². The van der Waals surface area contributed by atoms with Crippen LogP contribution >= 0.6 is 0 Å². The first-order valence-corrected chi connectivity index (χ1v) is 6.01. The lowest BCUT2D eigenvalue weighted by molar-refractivity contribution is -0.140. The van der Waals surface area contributed by atoms with E-state index in [-0.39, 0.29) is 5.91 Å². The minimum absolute atomic E-state index is 0.154. The van der Waals surface area contributed by atoms with Crippen LogP contribution in [0.3, 0.4) is 0 Å². The van der Waals surface area contributed by atoms with Crippen LogP contribution in [-0.4, -0.2) is 36.7 Å². The number of amides is 1. The van der Waals surface area contributed by atoms with Crippen LogP contribution in [0.2, 0.25) is 0 Å². The fourth-order valence-electron chi connectivity index (χ4n) is 2.23. The molecule has 1 saturated carbocycles. The summed E-state index contributed by atoms with van der Waals surface area (Å²) < 4.78 is 5.15. The maximum absolute atomic E-state index is 11.8. The van der Waals surface area contributed by atoms with Crippen LogP contribution in [0.15, 0.2) is 0 Å². The number of aliphatic carboxylic acids is 1. The Hall–Kier alpha value is -1.10. The van der Waals surface area contributed by atoms with Crippen molar-refractivity contribution in [2.45, 2.75) is 27.2 Å². The molecule has 2 atom stereocenters. The van der Waals surface area contributed by atoms with Crippen LogP contribution in [0.25, 0.3) is 0 Å². The molecule has 0 aromatic carbocycles. The van der Waals surface area contributed by atoms with Crippen molar-refractivity contribution >= 4 is 11.9 Å². The molecule has 0 bridgehead atoms. The standard InChI is InChI=1S/C12H21NO4/c1-4-17-7-5-6-13-10(14)8-9(11(15)16)12(8,2)3/h8-9H,4-7H2,1-3H3,(H,13,14)(H,15,16). The lowest BCUT2D eigenvalue weighted by atomic mass is 10.1. The number of ether oxygens (including phenoxy) is 1. The summed E-state index contributed by atoms with van der Waals surface area (Å²) >= 11 is 0. The van der Waals surface area contributed by atoms with Gasteiger partial charge in [0.2, 0.25) is 5.91 Å². The molecule has 5 heteroatoms. The molecule has 0 aromatic rings. The van der Waals surface area contributed by atoms with Gasteiger partial charge in [0.05, 0.1) is 11.8 Å². The maximum atomic E-state index is 11.8. The predicted molar refractivity (Wildman–Crippen MR) is 62.5 cm³/mol. The molecule has 0 heterocycles. The Morgan fingerprint density at radius 1 is 1.35 bits per heavy atom. The van der Waals surface area contributed by atoms with Crippen molar-refractivity contribution in [1.82, 2.24) is 5.32 Å². The second-order valence-corrected chi connectivity index (χ2v) is 4.96. The normalized spacial score (nSPS) is 25.4. The molecule has 5 nitrogen and oxygen atoms in total. The first-order chi connectivity index (χ1) is 7.92. The van der Waals surface area contributed by atoms with E-state index in [2.05, 4.69) is 5.32 Å². The highest BCUT2D eigenvalue weighted by atomic mass is 16.5. The summed E-state index contributed by atoms with van der Waals surface area (Å²) in [5.74, 6) is -1.98. The highest BCUT2D eigenvalue weighted by Gasteiger charge is 2.65. The molecule has 0 aliphatic heterocycles. The average Bonchev–Trinajstić information content (AvgIpc) is 2.81. The summed E-state index contributed by atoms with van der Waals surface area (Å²) in [7, 11) is 0. The second kappa shape index (κ2) is 5.49. The Morgan fingerprint density at radius 3 is 2.47 bits per heavy atom. The monoisotopic (exact) mass is 243 g/mol. The summed E-state index contributed by atoms with van der Waals surface area (Å²) in [5, 5.41) is 11.7. The van der Waals surface area contributed by atoms with Gasteiger partial charge in [-0.15, -0.1) is 0 Å². The van der Waals surface area contributed by atoms with E-state index in [9.17, 15) is 9.59 Å². The fourth-order valence-corrected chi connectivity index (χ4v) is 2.23. The zero-order valence-corrected chi connectivity index (χ0v) is 10.7. The molecule has 98 valence electrons. The number of carbonyl (C=O) groups excluding carboxylic acids is 1. The van der Waals surface area contributed by atoms with Gasteiger partial charge in [0, 0.05) is 19.8 Å². The van der Waals surface area contributed by atoms with E-state index in [1.54, 1.807) is 0 Å². The molecule has 1 aliphatic rings. The summed E-state index contributed by atoms with van der Waals surface area (Å²) in [6.07, 6.45) is 0.754. The van der Waals surface area contributed by atoms with Gasteiger partial charge in [-0.3, -0.25) is 9.59 Å². The Balaban J connectivity index is 2.28. The Kier molecular flexibility index (Phi) is 4.51. The number of hydrogen-bond acceptors (Lipinski definition) is 3. The molecule has 0 spiro atoms. The van der Waals surface area contributed by atoms with Gasteiger partial charge in [-0.05, 0) is 18.8 Å². The molecule has 2 N–H and O–H groups in total. The minimum Gasteiger partial charge on any atom is -0.481 e. The van der Waals surface area contributed by atoms with Gasteiger partial charge < -0.3 is 15.2 Å². The number of nitrogens with one attached hydrogen (secondary N) is 1. The van der Waals surface area contributed by atoms with Crippen molar-refractivity contribution in [3.63, 3.8) is 0 Å². The molecule has 1 amide bonds. The fraction of sp³-hybridized carbons (Fsp3) is 0.833. The summed E-state index contributed by atoms with van der Waals surface area (Å²) in [5.41, 5.74) is -0.421. The molecule has 1 aliphatic carbocycles. The number of carbonyl (C=O) groups is 2.